The van der Waals surface area contributed by atoms with Crippen molar-refractivity contribution in [2.45, 2.75) is 24.0 Å². The van der Waals surface area contributed by atoms with Crippen LogP contribution in [0.15, 0.2) is 50.5 Å². The van der Waals surface area contributed by atoms with E-state index in [2.05, 4.69) is 13.8 Å². The molecule has 5 heteroatoms. The molecular formula is C17H14O4S. The molecule has 0 unspecified atom stereocenters. The second kappa shape index (κ2) is 5.50. The Morgan fingerprint density at radius 1 is 1.09 bits per heavy atom. The third-order valence-corrected chi connectivity index (χ3v) is 4.26. The minimum Gasteiger partial charge on any atom is -0.478 e. The van der Waals surface area contributed by atoms with E-state index in [1.165, 1.54) is 18.2 Å². The maximum Gasteiger partial charge on any atom is 0.335 e. The van der Waals surface area contributed by atoms with E-state index in [1.807, 2.05) is 12.1 Å². The van der Waals surface area contributed by atoms with Crippen LogP contribution in [0.5, 0.6) is 0 Å². The highest BCUT2D eigenvalue weighted by Gasteiger charge is 2.12. The number of aromatic carboxylic acids is 1. The molecule has 0 aliphatic rings. The molecule has 0 saturated heterocycles. The Balaban J connectivity index is 2.26. The van der Waals surface area contributed by atoms with Gasteiger partial charge in [-0.2, -0.15) is 0 Å². The minimum absolute atomic E-state index is 0.0751. The Morgan fingerprint density at radius 3 is 2.55 bits per heavy atom. The molecule has 3 aromatic rings. The van der Waals surface area contributed by atoms with Crippen LogP contribution in [0.1, 0.15) is 24.2 Å². The van der Waals surface area contributed by atoms with Crippen LogP contribution >= 0.6 is 11.8 Å². The number of fused-ring (bicyclic) bond motifs is 2. The molecule has 0 aliphatic heterocycles. The van der Waals surface area contributed by atoms with Crippen molar-refractivity contribution in [1.82, 2.24) is 0 Å². The Morgan fingerprint density at radius 2 is 1.86 bits per heavy atom. The quantitative estimate of drug-likeness (QED) is 0.581. The third-order valence-electron chi connectivity index (χ3n) is 3.26. The number of carboxylic acids is 1. The first kappa shape index (κ1) is 14.7. The van der Waals surface area contributed by atoms with Crippen LogP contribution in [0.3, 0.4) is 0 Å². The molecule has 1 aromatic heterocycles. The van der Waals surface area contributed by atoms with E-state index >= 15 is 0 Å². The van der Waals surface area contributed by atoms with Crippen molar-refractivity contribution in [3.63, 3.8) is 0 Å². The Bertz CT molecular complexity index is 940. The largest absolute Gasteiger partial charge is 0.478 e. The van der Waals surface area contributed by atoms with Crippen molar-refractivity contribution in [2.75, 3.05) is 0 Å². The topological polar surface area (TPSA) is 67.5 Å². The van der Waals surface area contributed by atoms with E-state index in [4.69, 9.17) is 9.52 Å². The molecule has 112 valence electrons. The van der Waals surface area contributed by atoms with Gasteiger partial charge in [-0.3, -0.25) is 4.79 Å². The summed E-state index contributed by atoms with van der Waals surface area (Å²) >= 11 is 1.69. The van der Waals surface area contributed by atoms with Gasteiger partial charge in [0.25, 0.3) is 0 Å². The van der Waals surface area contributed by atoms with Gasteiger partial charge >= 0.3 is 5.97 Å². The number of benzene rings is 2. The van der Waals surface area contributed by atoms with Gasteiger partial charge in [-0.25, -0.2) is 4.79 Å². The summed E-state index contributed by atoms with van der Waals surface area (Å²) in [6.07, 6.45) is 0. The molecule has 0 saturated carbocycles. The van der Waals surface area contributed by atoms with Crippen LogP contribution in [0, 0.1) is 0 Å². The first-order valence-electron chi connectivity index (χ1n) is 6.86. The third kappa shape index (κ3) is 2.60. The lowest BCUT2D eigenvalue weighted by Gasteiger charge is -2.07. The first-order valence-corrected chi connectivity index (χ1v) is 7.74. The number of rotatable bonds is 3. The van der Waals surface area contributed by atoms with Gasteiger partial charge in [-0.15, -0.1) is 11.8 Å². The van der Waals surface area contributed by atoms with Crippen LogP contribution in [0.25, 0.3) is 21.9 Å². The molecule has 22 heavy (non-hydrogen) atoms. The molecule has 1 N–H and O–H groups in total. The van der Waals surface area contributed by atoms with E-state index in [9.17, 15) is 9.59 Å². The zero-order chi connectivity index (χ0) is 15.9. The second-order valence-corrected chi connectivity index (χ2v) is 6.92. The van der Waals surface area contributed by atoms with Crippen molar-refractivity contribution in [1.29, 1.82) is 0 Å². The summed E-state index contributed by atoms with van der Waals surface area (Å²) in [4.78, 5) is 24.6. The maximum absolute atomic E-state index is 12.5. The summed E-state index contributed by atoms with van der Waals surface area (Å²) in [6, 6.07) is 9.80. The summed E-state index contributed by atoms with van der Waals surface area (Å²) in [7, 11) is 0. The van der Waals surface area contributed by atoms with E-state index in [1.54, 1.807) is 17.8 Å². The van der Waals surface area contributed by atoms with Crippen molar-refractivity contribution >= 4 is 39.7 Å². The molecule has 2 aromatic carbocycles. The average Bonchev–Trinajstić information content (AvgIpc) is 2.46. The summed E-state index contributed by atoms with van der Waals surface area (Å²) in [5.41, 5.74) is 0.784. The van der Waals surface area contributed by atoms with E-state index in [-0.39, 0.29) is 16.4 Å². The monoisotopic (exact) mass is 314 g/mol. The van der Waals surface area contributed by atoms with Gasteiger partial charge in [-0.05, 0) is 36.4 Å². The van der Waals surface area contributed by atoms with E-state index < -0.39 is 5.97 Å². The number of hydrogen-bond acceptors (Lipinski definition) is 4. The van der Waals surface area contributed by atoms with Gasteiger partial charge in [-0.1, -0.05) is 13.8 Å². The van der Waals surface area contributed by atoms with Gasteiger partial charge in [0, 0.05) is 10.1 Å². The number of hydrogen-bond donors (Lipinski definition) is 1. The van der Waals surface area contributed by atoms with Gasteiger partial charge in [0.1, 0.15) is 11.2 Å². The molecule has 0 radical (unpaired) electrons. The fourth-order valence-electron chi connectivity index (χ4n) is 2.31. The smallest absolute Gasteiger partial charge is 0.335 e. The fraction of sp³-hybridized carbons (Fsp3) is 0.176. The van der Waals surface area contributed by atoms with Gasteiger partial charge in [0.05, 0.1) is 16.3 Å². The summed E-state index contributed by atoms with van der Waals surface area (Å²) in [6.45, 7) is 4.19. The molecule has 0 atom stereocenters. The molecule has 0 spiro atoms. The van der Waals surface area contributed by atoms with Gasteiger partial charge < -0.3 is 9.52 Å². The maximum atomic E-state index is 12.5. The molecular weight excluding hydrogens is 300 g/mol. The number of thioether (sulfide) groups is 1. The van der Waals surface area contributed by atoms with Crippen molar-refractivity contribution in [3.05, 3.63) is 52.2 Å². The lowest BCUT2D eigenvalue weighted by atomic mass is 10.1. The summed E-state index contributed by atoms with van der Waals surface area (Å²) in [5.74, 6) is -1.06. The van der Waals surface area contributed by atoms with Crippen LogP contribution in [0.4, 0.5) is 0 Å². The van der Waals surface area contributed by atoms with Crippen molar-refractivity contribution in [2.24, 2.45) is 0 Å². The van der Waals surface area contributed by atoms with Crippen molar-refractivity contribution < 1.29 is 14.3 Å². The molecule has 3 rings (SSSR count). The summed E-state index contributed by atoms with van der Waals surface area (Å²) in [5, 5.41) is 10.2. The fourth-order valence-corrected chi connectivity index (χ4v) is 3.18. The first-order chi connectivity index (χ1) is 10.5. The predicted octanol–water partition coefficient (Wildman–Crippen LogP) is 4.14. The zero-order valence-corrected chi connectivity index (χ0v) is 12.9. The summed E-state index contributed by atoms with van der Waals surface area (Å²) < 4.78 is 5.78. The van der Waals surface area contributed by atoms with Crippen LogP contribution < -0.4 is 5.43 Å². The average molecular weight is 314 g/mol. The molecule has 1 heterocycles. The molecule has 4 nitrogen and oxygen atoms in total. The molecule has 0 amide bonds. The minimum atomic E-state index is -1.06. The van der Waals surface area contributed by atoms with Gasteiger partial charge in [0.15, 0.2) is 0 Å². The van der Waals surface area contributed by atoms with Crippen LogP contribution in [-0.4, -0.2) is 16.3 Å². The van der Waals surface area contributed by atoms with Crippen LogP contribution in [0.2, 0.25) is 0 Å². The highest BCUT2D eigenvalue weighted by molar-refractivity contribution is 7.99. The Kier molecular flexibility index (Phi) is 3.66. The molecule has 0 bridgehead atoms. The Labute approximate surface area is 130 Å². The zero-order valence-electron chi connectivity index (χ0n) is 12.1. The number of carbonyl (C=O) groups is 1. The Hall–Kier alpha value is -2.27. The standard InChI is InChI=1S/C17H14O4S/c1-9(2)22-11-4-5-12-15(8-11)21-14-6-3-10(17(19)20)7-13(14)16(12)18/h3-9H,1-2H3,(H,19,20). The lowest BCUT2D eigenvalue weighted by Crippen LogP contribution is -2.04. The lowest BCUT2D eigenvalue weighted by molar-refractivity contribution is 0.0697. The van der Waals surface area contributed by atoms with E-state index in [0.29, 0.717) is 21.8 Å². The second-order valence-electron chi connectivity index (χ2n) is 5.27. The highest BCUT2D eigenvalue weighted by atomic mass is 32.2. The molecule has 0 fully saturated rings. The van der Waals surface area contributed by atoms with Crippen molar-refractivity contribution in [3.8, 4) is 0 Å². The molecule has 0 aliphatic carbocycles. The van der Waals surface area contributed by atoms with Gasteiger partial charge in [0.2, 0.25) is 5.43 Å². The highest BCUT2D eigenvalue weighted by Crippen LogP contribution is 2.27. The predicted molar refractivity (Wildman–Crippen MR) is 87.9 cm³/mol. The number of carboxylic acid groups (broad SMARTS) is 1. The SMILES string of the molecule is CC(C)Sc1ccc2c(=O)c3cc(C(=O)O)ccc3oc2c1. The van der Waals surface area contributed by atoms with Crippen LogP contribution in [-0.2, 0) is 0 Å². The normalized spacial score (nSPS) is 11.4. The van der Waals surface area contributed by atoms with E-state index in [0.717, 1.165) is 4.90 Å².